The summed E-state index contributed by atoms with van der Waals surface area (Å²) in [5.41, 5.74) is 5.53. The van der Waals surface area contributed by atoms with E-state index in [4.69, 9.17) is 5.73 Å². The minimum absolute atomic E-state index is 0.201. The van der Waals surface area contributed by atoms with Crippen molar-refractivity contribution in [3.63, 3.8) is 0 Å². The molecule has 1 aromatic rings. The van der Waals surface area contributed by atoms with Crippen LogP contribution in [0.5, 0.6) is 0 Å². The lowest BCUT2D eigenvalue weighted by Crippen LogP contribution is -2.13. The lowest BCUT2D eigenvalue weighted by atomic mass is 10.1. The van der Waals surface area contributed by atoms with Gasteiger partial charge in [0.1, 0.15) is 12.5 Å². The van der Waals surface area contributed by atoms with Gasteiger partial charge in [-0.1, -0.05) is 15.9 Å². The molecule has 1 atom stereocenters. The molecule has 0 radical (unpaired) electrons. The first kappa shape index (κ1) is 9.61. The zero-order valence-corrected chi connectivity index (χ0v) is 7.81. The minimum atomic E-state index is -0.873. The van der Waals surface area contributed by atoms with Crippen molar-refractivity contribution < 1.29 is 8.78 Å². The number of alkyl halides is 1. The Morgan fingerprint density at radius 3 is 2.75 bits per heavy atom. The quantitative estimate of drug-likeness (QED) is 0.838. The van der Waals surface area contributed by atoms with Gasteiger partial charge in [0.25, 0.3) is 0 Å². The smallest absolute Gasteiger partial charge is 0.128 e. The lowest BCUT2D eigenvalue weighted by molar-refractivity contribution is 0.426. The standard InChI is InChI=1S/C8H8BrF2N/c9-5-1-2-7(11)6(3-5)8(12)4-10/h1-3,8H,4,12H2/t8-/m1/s1. The Morgan fingerprint density at radius 1 is 1.50 bits per heavy atom. The van der Waals surface area contributed by atoms with Gasteiger partial charge in [-0.25, -0.2) is 8.78 Å². The fourth-order valence-electron chi connectivity index (χ4n) is 0.882. The average Bonchev–Trinajstić information content (AvgIpc) is 2.08. The predicted molar refractivity (Wildman–Crippen MR) is 47.0 cm³/mol. The van der Waals surface area contributed by atoms with Gasteiger partial charge in [0.05, 0.1) is 6.04 Å². The van der Waals surface area contributed by atoms with Gasteiger partial charge in [-0.2, -0.15) is 0 Å². The van der Waals surface area contributed by atoms with Gasteiger partial charge in [0, 0.05) is 10.0 Å². The summed E-state index contributed by atoms with van der Waals surface area (Å²) in [6.07, 6.45) is 0. The molecule has 4 heteroatoms. The third kappa shape index (κ3) is 2.01. The van der Waals surface area contributed by atoms with Crippen molar-refractivity contribution in [2.45, 2.75) is 6.04 Å². The Balaban J connectivity index is 3.04. The Morgan fingerprint density at radius 2 is 2.17 bits per heavy atom. The van der Waals surface area contributed by atoms with Gasteiger partial charge in [0.2, 0.25) is 0 Å². The molecule has 1 nitrogen and oxygen atoms in total. The largest absolute Gasteiger partial charge is 0.322 e. The molecular weight excluding hydrogens is 228 g/mol. The molecule has 0 aliphatic heterocycles. The van der Waals surface area contributed by atoms with Crippen LogP contribution < -0.4 is 5.73 Å². The van der Waals surface area contributed by atoms with E-state index in [1.807, 2.05) is 0 Å². The van der Waals surface area contributed by atoms with Gasteiger partial charge in [-0.3, -0.25) is 0 Å². The first-order chi connectivity index (χ1) is 5.65. The molecule has 0 spiro atoms. The van der Waals surface area contributed by atoms with E-state index in [-0.39, 0.29) is 5.56 Å². The molecule has 1 rings (SSSR count). The third-order valence-corrected chi connectivity index (χ3v) is 2.02. The fourth-order valence-corrected chi connectivity index (χ4v) is 1.26. The van der Waals surface area contributed by atoms with E-state index in [9.17, 15) is 8.78 Å². The van der Waals surface area contributed by atoms with E-state index in [0.29, 0.717) is 4.47 Å². The summed E-state index contributed by atoms with van der Waals surface area (Å²) in [5, 5.41) is 0. The highest BCUT2D eigenvalue weighted by Crippen LogP contribution is 2.20. The molecule has 0 saturated heterocycles. The predicted octanol–water partition coefficient (Wildman–Crippen LogP) is 2.56. The number of halogens is 3. The van der Waals surface area contributed by atoms with Crippen LogP contribution in [0.4, 0.5) is 8.78 Å². The number of hydrogen-bond donors (Lipinski definition) is 1. The summed E-state index contributed by atoms with van der Waals surface area (Å²) in [4.78, 5) is 0. The summed E-state index contributed by atoms with van der Waals surface area (Å²) in [6.45, 7) is -0.757. The zero-order chi connectivity index (χ0) is 9.14. The molecule has 0 unspecified atom stereocenters. The Hall–Kier alpha value is -0.480. The summed E-state index contributed by atoms with van der Waals surface area (Å²) in [6, 6.07) is 3.42. The van der Waals surface area contributed by atoms with Crippen molar-refractivity contribution in [3.8, 4) is 0 Å². The van der Waals surface area contributed by atoms with Crippen molar-refractivity contribution >= 4 is 15.9 Å². The second-order valence-electron chi connectivity index (χ2n) is 2.43. The first-order valence-electron chi connectivity index (χ1n) is 3.41. The number of benzene rings is 1. The van der Waals surface area contributed by atoms with Crippen LogP contribution in [0.25, 0.3) is 0 Å². The summed E-state index contributed by atoms with van der Waals surface area (Å²) in [7, 11) is 0. The van der Waals surface area contributed by atoms with Crippen molar-refractivity contribution in [2.75, 3.05) is 6.67 Å². The molecule has 1 aromatic carbocycles. The summed E-state index contributed by atoms with van der Waals surface area (Å²) < 4.78 is 25.7. The molecule has 0 heterocycles. The first-order valence-corrected chi connectivity index (χ1v) is 4.21. The molecular formula is C8H8BrF2N. The maximum Gasteiger partial charge on any atom is 0.128 e. The lowest BCUT2D eigenvalue weighted by Gasteiger charge is -2.08. The van der Waals surface area contributed by atoms with Gasteiger partial charge in [-0.15, -0.1) is 0 Å². The number of nitrogens with two attached hydrogens (primary N) is 1. The highest BCUT2D eigenvalue weighted by atomic mass is 79.9. The van der Waals surface area contributed by atoms with Gasteiger partial charge < -0.3 is 5.73 Å². The topological polar surface area (TPSA) is 26.0 Å². The van der Waals surface area contributed by atoms with E-state index in [1.54, 1.807) is 6.07 Å². The van der Waals surface area contributed by atoms with Crippen LogP contribution in [-0.4, -0.2) is 6.67 Å². The molecule has 0 aliphatic carbocycles. The van der Waals surface area contributed by atoms with E-state index >= 15 is 0 Å². The molecule has 12 heavy (non-hydrogen) atoms. The van der Waals surface area contributed by atoms with Crippen LogP contribution in [0, 0.1) is 5.82 Å². The van der Waals surface area contributed by atoms with Crippen molar-refractivity contribution in [1.29, 1.82) is 0 Å². The van der Waals surface area contributed by atoms with Gasteiger partial charge in [-0.05, 0) is 18.2 Å². The highest BCUT2D eigenvalue weighted by molar-refractivity contribution is 9.10. The number of rotatable bonds is 2. The van der Waals surface area contributed by atoms with Crippen LogP contribution in [0.3, 0.4) is 0 Å². The van der Waals surface area contributed by atoms with Crippen LogP contribution in [-0.2, 0) is 0 Å². The Kier molecular flexibility index (Phi) is 3.17. The number of hydrogen-bond acceptors (Lipinski definition) is 1. The minimum Gasteiger partial charge on any atom is -0.322 e. The van der Waals surface area contributed by atoms with E-state index in [0.717, 1.165) is 0 Å². The maximum absolute atomic E-state index is 12.9. The zero-order valence-electron chi connectivity index (χ0n) is 6.23. The SMILES string of the molecule is N[C@H](CF)c1cc(Br)ccc1F. The fraction of sp³-hybridized carbons (Fsp3) is 0.250. The van der Waals surface area contributed by atoms with Crippen LogP contribution in [0.1, 0.15) is 11.6 Å². The molecule has 66 valence electrons. The Bertz CT molecular complexity index is 278. The Labute approximate surface area is 77.7 Å². The molecule has 0 amide bonds. The summed E-state index contributed by atoms with van der Waals surface area (Å²) in [5.74, 6) is -0.469. The second kappa shape index (κ2) is 3.96. The van der Waals surface area contributed by atoms with E-state index < -0.39 is 18.5 Å². The van der Waals surface area contributed by atoms with Gasteiger partial charge in [0.15, 0.2) is 0 Å². The normalized spacial score (nSPS) is 13.0. The molecule has 0 aromatic heterocycles. The van der Waals surface area contributed by atoms with Crippen molar-refractivity contribution in [3.05, 3.63) is 34.1 Å². The highest BCUT2D eigenvalue weighted by Gasteiger charge is 2.10. The second-order valence-corrected chi connectivity index (χ2v) is 3.34. The van der Waals surface area contributed by atoms with E-state index in [2.05, 4.69) is 15.9 Å². The average molecular weight is 236 g/mol. The molecule has 0 saturated carbocycles. The molecule has 0 bridgehead atoms. The van der Waals surface area contributed by atoms with Gasteiger partial charge >= 0.3 is 0 Å². The monoisotopic (exact) mass is 235 g/mol. The third-order valence-electron chi connectivity index (χ3n) is 1.52. The van der Waals surface area contributed by atoms with Crippen LogP contribution in [0.2, 0.25) is 0 Å². The van der Waals surface area contributed by atoms with Crippen LogP contribution in [0.15, 0.2) is 22.7 Å². The molecule has 0 aliphatic rings. The van der Waals surface area contributed by atoms with Crippen molar-refractivity contribution in [1.82, 2.24) is 0 Å². The maximum atomic E-state index is 12.9. The van der Waals surface area contributed by atoms with E-state index in [1.165, 1.54) is 12.1 Å². The van der Waals surface area contributed by atoms with Crippen LogP contribution >= 0.6 is 15.9 Å². The van der Waals surface area contributed by atoms with Crippen molar-refractivity contribution in [2.24, 2.45) is 5.73 Å². The molecule has 0 fully saturated rings. The molecule has 2 N–H and O–H groups in total. The summed E-state index contributed by atoms with van der Waals surface area (Å²) >= 11 is 3.15.